The Hall–Kier alpha value is -2.03. The van der Waals surface area contributed by atoms with Crippen molar-refractivity contribution in [2.45, 2.75) is 64.6 Å². The van der Waals surface area contributed by atoms with Gasteiger partial charge in [-0.2, -0.15) is 5.26 Å². The van der Waals surface area contributed by atoms with Crippen molar-refractivity contribution in [1.29, 1.82) is 5.26 Å². The van der Waals surface area contributed by atoms with Gasteiger partial charge in [0.25, 0.3) is 5.91 Å². The maximum atomic E-state index is 12.7. The highest BCUT2D eigenvalue weighted by molar-refractivity contribution is 6.31. The van der Waals surface area contributed by atoms with Gasteiger partial charge in [0.15, 0.2) is 0 Å². The van der Waals surface area contributed by atoms with Crippen LogP contribution in [0.1, 0.15) is 46.1 Å². The molecule has 1 saturated heterocycles. The fourth-order valence-corrected chi connectivity index (χ4v) is 4.08. The summed E-state index contributed by atoms with van der Waals surface area (Å²) in [5.41, 5.74) is 7.23. The number of hydrogen-bond acceptors (Lipinski definition) is 4. The van der Waals surface area contributed by atoms with E-state index < -0.39 is 5.91 Å². The minimum atomic E-state index is -0.445. The number of hydrogen-bond donors (Lipinski definition) is 2. The van der Waals surface area contributed by atoms with Gasteiger partial charge in [-0.25, -0.2) is 0 Å². The summed E-state index contributed by atoms with van der Waals surface area (Å²) in [7, 11) is 0. The van der Waals surface area contributed by atoms with E-state index in [0.29, 0.717) is 10.7 Å². The third kappa shape index (κ3) is 4.38. The minimum Gasteiger partial charge on any atom is -0.366 e. The number of likely N-dealkylation sites (tertiary alicyclic amines) is 1. The Morgan fingerprint density at radius 1 is 1.35 bits per heavy atom. The van der Waals surface area contributed by atoms with E-state index >= 15 is 0 Å². The zero-order valence-corrected chi connectivity index (χ0v) is 16.8. The van der Waals surface area contributed by atoms with E-state index in [1.54, 1.807) is 18.3 Å². The predicted octanol–water partition coefficient (Wildman–Crippen LogP) is 3.97. The predicted molar refractivity (Wildman–Crippen MR) is 106 cm³/mol. The lowest BCUT2D eigenvalue weighted by Gasteiger charge is -2.54. The van der Waals surface area contributed by atoms with E-state index in [-0.39, 0.29) is 22.7 Å². The van der Waals surface area contributed by atoms with Crippen molar-refractivity contribution in [2.24, 2.45) is 5.73 Å². The third-order valence-corrected chi connectivity index (χ3v) is 5.13. The molecular weight excluding hydrogens is 348 g/mol. The monoisotopic (exact) mass is 374 g/mol. The van der Waals surface area contributed by atoms with Gasteiger partial charge in [-0.3, -0.25) is 4.79 Å². The van der Waals surface area contributed by atoms with Crippen molar-refractivity contribution in [2.75, 3.05) is 5.32 Å². The van der Waals surface area contributed by atoms with Crippen molar-refractivity contribution in [3.8, 4) is 6.07 Å². The molecule has 1 amide bonds. The van der Waals surface area contributed by atoms with E-state index in [1.165, 1.54) is 0 Å². The van der Waals surface area contributed by atoms with Crippen LogP contribution in [0.5, 0.6) is 0 Å². The molecule has 0 radical (unpaired) electrons. The lowest BCUT2D eigenvalue weighted by molar-refractivity contribution is -0.112. The molecule has 0 saturated carbocycles. The van der Waals surface area contributed by atoms with Gasteiger partial charge in [0, 0.05) is 34.0 Å². The van der Waals surface area contributed by atoms with Gasteiger partial charge in [0.2, 0.25) is 0 Å². The number of carbonyl (C=O) groups is 1. The molecule has 3 N–H and O–H groups in total. The van der Waals surface area contributed by atoms with Crippen LogP contribution in [0.2, 0.25) is 5.02 Å². The number of nitriles is 1. The summed E-state index contributed by atoms with van der Waals surface area (Å²) in [4.78, 5) is 14.8. The number of nitrogens with one attached hydrogen (secondary N) is 1. The molecule has 0 atom stereocenters. The number of anilines is 1. The second-order valence-electron chi connectivity index (χ2n) is 8.23. The topological polar surface area (TPSA) is 82.2 Å². The molecule has 1 aliphatic heterocycles. The van der Waals surface area contributed by atoms with E-state index in [9.17, 15) is 10.1 Å². The first-order valence-electron chi connectivity index (χ1n) is 8.71. The third-order valence-electron chi connectivity index (χ3n) is 4.90. The van der Waals surface area contributed by atoms with E-state index in [2.05, 4.69) is 37.9 Å². The Labute approximate surface area is 160 Å². The Bertz CT molecular complexity index is 759. The molecule has 26 heavy (non-hydrogen) atoms. The van der Waals surface area contributed by atoms with E-state index in [4.69, 9.17) is 17.3 Å². The summed E-state index contributed by atoms with van der Waals surface area (Å²) in [5, 5.41) is 12.9. The van der Waals surface area contributed by atoms with Gasteiger partial charge in [-0.1, -0.05) is 17.7 Å². The molecule has 1 aromatic rings. The molecule has 0 unspecified atom stereocenters. The first-order chi connectivity index (χ1) is 12.0. The van der Waals surface area contributed by atoms with E-state index in [1.807, 2.05) is 19.1 Å². The highest BCUT2D eigenvalue weighted by Gasteiger charge is 2.43. The van der Waals surface area contributed by atoms with Crippen LogP contribution >= 0.6 is 11.6 Å². The molecule has 0 aromatic heterocycles. The van der Waals surface area contributed by atoms with Gasteiger partial charge in [0.05, 0.1) is 0 Å². The van der Waals surface area contributed by atoms with Crippen molar-refractivity contribution in [1.82, 2.24) is 4.90 Å². The second-order valence-corrected chi connectivity index (χ2v) is 8.67. The summed E-state index contributed by atoms with van der Waals surface area (Å²) in [5.74, 6) is -0.445. The molecule has 1 aromatic carbocycles. The lowest BCUT2D eigenvalue weighted by atomic mass is 9.77. The quantitative estimate of drug-likeness (QED) is 0.619. The van der Waals surface area contributed by atoms with Gasteiger partial charge in [-0.05, 0) is 65.2 Å². The summed E-state index contributed by atoms with van der Waals surface area (Å²) in [6, 6.07) is 7.39. The second kappa shape index (κ2) is 7.30. The molecule has 0 spiro atoms. The number of amides is 1. The van der Waals surface area contributed by atoms with Crippen molar-refractivity contribution in [3.63, 3.8) is 0 Å². The fourth-order valence-electron chi connectivity index (χ4n) is 3.91. The molecule has 1 aliphatic rings. The Morgan fingerprint density at radius 3 is 2.46 bits per heavy atom. The number of aryl methyl sites for hydroxylation is 1. The highest BCUT2D eigenvalue weighted by Crippen LogP contribution is 2.38. The SMILES string of the molecule is Cc1ccc(Cl)cc1NC(=O)/C(C#N)=C\N1C(C)(C)CC(N)CC1(C)C. The minimum absolute atomic E-state index is 0.0565. The van der Waals surface area contributed by atoms with Crippen LogP contribution in [-0.4, -0.2) is 27.9 Å². The van der Waals surface area contributed by atoms with Gasteiger partial charge >= 0.3 is 0 Å². The Balaban J connectivity index is 2.33. The average molecular weight is 375 g/mol. The van der Waals surface area contributed by atoms with Gasteiger partial charge in [-0.15, -0.1) is 0 Å². The van der Waals surface area contributed by atoms with Crippen LogP contribution in [-0.2, 0) is 4.79 Å². The standard InChI is InChI=1S/C20H27ClN4O/c1-13-6-7-15(21)8-17(13)24-18(26)14(11-22)12-25-19(2,3)9-16(23)10-20(25,4)5/h6-8,12,16H,9-10,23H2,1-5H3,(H,24,26)/b14-12-. The molecule has 0 bridgehead atoms. The first-order valence-corrected chi connectivity index (χ1v) is 9.08. The number of piperidine rings is 1. The molecule has 2 rings (SSSR count). The first kappa shape index (κ1) is 20.3. The average Bonchev–Trinajstić information content (AvgIpc) is 2.48. The zero-order chi connectivity index (χ0) is 19.7. The number of rotatable bonds is 3. The largest absolute Gasteiger partial charge is 0.366 e. The van der Waals surface area contributed by atoms with Crippen LogP contribution in [0.15, 0.2) is 30.0 Å². The van der Waals surface area contributed by atoms with E-state index in [0.717, 1.165) is 18.4 Å². The van der Waals surface area contributed by atoms with Crippen LogP contribution in [0.4, 0.5) is 5.69 Å². The normalized spacial score (nSPS) is 19.8. The molecule has 1 fully saturated rings. The number of nitrogens with two attached hydrogens (primary N) is 1. The smallest absolute Gasteiger partial charge is 0.267 e. The van der Waals surface area contributed by atoms with Crippen LogP contribution in [0.25, 0.3) is 0 Å². The summed E-state index contributed by atoms with van der Waals surface area (Å²) in [6.45, 7) is 10.2. The maximum Gasteiger partial charge on any atom is 0.267 e. The number of halogens is 1. The molecule has 6 heteroatoms. The maximum absolute atomic E-state index is 12.7. The lowest BCUT2D eigenvalue weighted by Crippen LogP contribution is -2.61. The summed E-state index contributed by atoms with van der Waals surface area (Å²) >= 11 is 6.01. The molecular formula is C20H27ClN4O. The molecule has 140 valence electrons. The highest BCUT2D eigenvalue weighted by atomic mass is 35.5. The summed E-state index contributed by atoms with van der Waals surface area (Å²) in [6.07, 6.45) is 3.25. The van der Waals surface area contributed by atoms with Gasteiger partial charge < -0.3 is 16.0 Å². The van der Waals surface area contributed by atoms with Crippen molar-refractivity contribution in [3.05, 3.63) is 40.6 Å². The van der Waals surface area contributed by atoms with Crippen molar-refractivity contribution >= 4 is 23.2 Å². The van der Waals surface area contributed by atoms with Crippen LogP contribution in [0, 0.1) is 18.3 Å². The number of benzene rings is 1. The fraction of sp³-hybridized carbons (Fsp3) is 0.500. The zero-order valence-electron chi connectivity index (χ0n) is 16.1. The number of nitrogens with zero attached hydrogens (tertiary/aromatic N) is 2. The van der Waals surface area contributed by atoms with Crippen LogP contribution in [0.3, 0.4) is 0 Å². The van der Waals surface area contributed by atoms with Crippen molar-refractivity contribution < 1.29 is 4.79 Å². The molecule has 0 aliphatic carbocycles. The summed E-state index contributed by atoms with van der Waals surface area (Å²) < 4.78 is 0. The molecule has 5 nitrogen and oxygen atoms in total. The van der Waals surface area contributed by atoms with Gasteiger partial charge in [0.1, 0.15) is 11.6 Å². The number of carbonyl (C=O) groups excluding carboxylic acids is 1. The van der Waals surface area contributed by atoms with Crippen LogP contribution < -0.4 is 11.1 Å². The molecule has 1 heterocycles. The Kier molecular flexibility index (Phi) is 5.70. The Morgan fingerprint density at radius 2 is 1.92 bits per heavy atom.